The molecule has 6 nitrogen and oxygen atoms in total. The van der Waals surface area contributed by atoms with Gasteiger partial charge in [-0.1, -0.05) is 12.1 Å². The van der Waals surface area contributed by atoms with Crippen LogP contribution in [-0.2, 0) is 4.74 Å². The van der Waals surface area contributed by atoms with Gasteiger partial charge in [-0.25, -0.2) is 4.79 Å². The molecule has 0 unspecified atom stereocenters. The molecule has 118 valence electrons. The highest BCUT2D eigenvalue weighted by atomic mass is 79.9. The van der Waals surface area contributed by atoms with Gasteiger partial charge in [0.1, 0.15) is 0 Å². The fourth-order valence-electron chi connectivity index (χ4n) is 2.32. The molecule has 2 heterocycles. The first-order valence-electron chi connectivity index (χ1n) is 6.95. The Morgan fingerprint density at radius 2 is 1.74 bits per heavy atom. The predicted octanol–water partition coefficient (Wildman–Crippen LogP) is 2.89. The molecule has 0 radical (unpaired) electrons. The smallest absolute Gasteiger partial charge is 0.374 e. The molecule has 0 fully saturated rings. The number of furan rings is 1. The Morgan fingerprint density at radius 3 is 2.30 bits per heavy atom. The molecule has 0 saturated heterocycles. The van der Waals surface area contributed by atoms with Crippen LogP contribution in [0.1, 0.15) is 37.7 Å². The molecule has 23 heavy (non-hydrogen) atoms. The van der Waals surface area contributed by atoms with E-state index >= 15 is 0 Å². The highest BCUT2D eigenvalue weighted by Gasteiger charge is 2.34. The third kappa shape index (κ3) is 3.05. The van der Waals surface area contributed by atoms with Crippen LogP contribution in [0.15, 0.2) is 45.5 Å². The third-order valence-electron chi connectivity index (χ3n) is 3.41. The maximum absolute atomic E-state index is 12.1. The minimum Gasteiger partial charge on any atom is -0.460 e. The van der Waals surface area contributed by atoms with Gasteiger partial charge in [0.05, 0.1) is 17.7 Å². The molecule has 0 aliphatic carbocycles. The minimum absolute atomic E-state index is 0.0879. The van der Waals surface area contributed by atoms with Crippen LogP contribution in [0.25, 0.3) is 0 Å². The summed E-state index contributed by atoms with van der Waals surface area (Å²) in [4.78, 5) is 37.1. The number of hydrogen-bond donors (Lipinski definition) is 0. The van der Waals surface area contributed by atoms with E-state index in [0.717, 1.165) is 0 Å². The molecular weight excluding hydrogens is 366 g/mol. The molecule has 1 aliphatic heterocycles. The van der Waals surface area contributed by atoms with Crippen molar-refractivity contribution in [2.75, 3.05) is 13.2 Å². The van der Waals surface area contributed by atoms with E-state index in [4.69, 9.17) is 9.15 Å². The van der Waals surface area contributed by atoms with Crippen LogP contribution in [-0.4, -0.2) is 35.8 Å². The minimum atomic E-state index is -0.585. The Hall–Kier alpha value is -2.41. The standard InChI is InChI=1S/C16H12BrNO5/c17-13-7-6-12(23-13)16(21)22-9-3-8-18-14(19)10-4-1-2-5-11(10)15(18)20/h1-2,4-7H,3,8-9H2. The normalized spacial score (nSPS) is 13.3. The number of carbonyl (C=O) groups is 3. The van der Waals surface area contributed by atoms with E-state index in [1.807, 2.05) is 0 Å². The van der Waals surface area contributed by atoms with Crippen molar-refractivity contribution in [1.29, 1.82) is 0 Å². The summed E-state index contributed by atoms with van der Waals surface area (Å²) in [5, 5.41) is 0. The van der Waals surface area contributed by atoms with Gasteiger partial charge in [-0.05, 0) is 46.6 Å². The van der Waals surface area contributed by atoms with Crippen molar-refractivity contribution in [3.05, 3.63) is 58.0 Å². The number of amides is 2. The highest BCUT2D eigenvalue weighted by molar-refractivity contribution is 9.10. The third-order valence-corrected chi connectivity index (χ3v) is 3.84. The van der Waals surface area contributed by atoms with Gasteiger partial charge in [0.2, 0.25) is 5.76 Å². The maximum atomic E-state index is 12.1. The van der Waals surface area contributed by atoms with Gasteiger partial charge in [-0.15, -0.1) is 0 Å². The maximum Gasteiger partial charge on any atom is 0.374 e. The summed E-state index contributed by atoms with van der Waals surface area (Å²) >= 11 is 3.10. The van der Waals surface area contributed by atoms with E-state index in [-0.39, 0.29) is 30.7 Å². The summed E-state index contributed by atoms with van der Waals surface area (Å²) < 4.78 is 10.6. The largest absolute Gasteiger partial charge is 0.460 e. The number of imide groups is 1. The van der Waals surface area contributed by atoms with E-state index in [9.17, 15) is 14.4 Å². The lowest BCUT2D eigenvalue weighted by atomic mass is 10.1. The number of hydrogen-bond acceptors (Lipinski definition) is 5. The number of rotatable bonds is 5. The highest BCUT2D eigenvalue weighted by Crippen LogP contribution is 2.22. The fraction of sp³-hybridized carbons (Fsp3) is 0.188. The zero-order valence-corrected chi connectivity index (χ0v) is 13.5. The number of esters is 1. The molecular formula is C16H12BrNO5. The first-order chi connectivity index (χ1) is 11.1. The van der Waals surface area contributed by atoms with E-state index in [0.29, 0.717) is 22.2 Å². The Kier molecular flexibility index (Phi) is 4.29. The number of nitrogens with zero attached hydrogens (tertiary/aromatic N) is 1. The van der Waals surface area contributed by atoms with Crippen molar-refractivity contribution in [2.24, 2.45) is 0 Å². The zero-order valence-electron chi connectivity index (χ0n) is 12.0. The topological polar surface area (TPSA) is 76.8 Å². The van der Waals surface area contributed by atoms with Crippen LogP contribution in [0.2, 0.25) is 0 Å². The average molecular weight is 378 g/mol. The summed E-state index contributed by atoms with van der Waals surface area (Å²) in [6.45, 7) is 0.284. The molecule has 0 spiro atoms. The number of fused-ring (bicyclic) bond motifs is 1. The lowest BCUT2D eigenvalue weighted by Crippen LogP contribution is -2.31. The second-order valence-corrected chi connectivity index (χ2v) is 5.68. The quantitative estimate of drug-likeness (QED) is 0.454. The second-order valence-electron chi connectivity index (χ2n) is 4.90. The molecule has 2 amide bonds. The lowest BCUT2D eigenvalue weighted by Gasteiger charge is -2.13. The molecule has 0 bridgehead atoms. The Labute approximate surface area is 140 Å². The predicted molar refractivity (Wildman–Crippen MR) is 83.1 cm³/mol. The number of ether oxygens (including phenoxy) is 1. The fourth-order valence-corrected chi connectivity index (χ4v) is 2.63. The SMILES string of the molecule is O=C(OCCCN1C(=O)c2ccccc2C1=O)c1ccc(Br)o1. The Bertz CT molecular complexity index is 747. The van der Waals surface area contributed by atoms with Gasteiger partial charge >= 0.3 is 5.97 Å². The number of halogens is 1. The first kappa shape index (κ1) is 15.5. The van der Waals surface area contributed by atoms with E-state index in [2.05, 4.69) is 15.9 Å². The van der Waals surface area contributed by atoms with Gasteiger partial charge in [0.15, 0.2) is 4.67 Å². The number of benzene rings is 1. The van der Waals surface area contributed by atoms with Crippen LogP contribution in [0.4, 0.5) is 0 Å². The summed E-state index contributed by atoms with van der Waals surface area (Å²) in [6, 6.07) is 9.79. The van der Waals surface area contributed by atoms with Gasteiger partial charge in [-0.2, -0.15) is 0 Å². The molecule has 1 aromatic carbocycles. The van der Waals surface area contributed by atoms with Crippen molar-refractivity contribution in [2.45, 2.75) is 6.42 Å². The summed E-state index contributed by atoms with van der Waals surface area (Å²) in [5.74, 6) is -1.12. The van der Waals surface area contributed by atoms with Crippen LogP contribution < -0.4 is 0 Å². The Balaban J connectivity index is 1.51. The molecule has 0 saturated carbocycles. The summed E-state index contributed by atoms with van der Waals surface area (Å²) in [7, 11) is 0. The lowest BCUT2D eigenvalue weighted by molar-refractivity contribution is 0.0447. The van der Waals surface area contributed by atoms with Gasteiger partial charge < -0.3 is 9.15 Å². The second kappa shape index (κ2) is 6.37. The van der Waals surface area contributed by atoms with Crippen molar-refractivity contribution < 1.29 is 23.5 Å². The first-order valence-corrected chi connectivity index (χ1v) is 7.75. The van der Waals surface area contributed by atoms with E-state index in [1.165, 1.54) is 11.0 Å². The number of carbonyl (C=O) groups excluding carboxylic acids is 3. The van der Waals surface area contributed by atoms with E-state index in [1.54, 1.807) is 30.3 Å². The van der Waals surface area contributed by atoms with Crippen LogP contribution in [0.5, 0.6) is 0 Å². The van der Waals surface area contributed by atoms with Gasteiger partial charge in [0.25, 0.3) is 11.8 Å². The van der Waals surface area contributed by atoms with Crippen LogP contribution in [0, 0.1) is 0 Å². The summed E-state index contributed by atoms with van der Waals surface area (Å²) in [5.41, 5.74) is 0.824. The molecule has 1 aromatic heterocycles. The Morgan fingerprint density at radius 1 is 1.09 bits per heavy atom. The van der Waals surface area contributed by atoms with E-state index < -0.39 is 5.97 Å². The molecule has 0 N–H and O–H groups in total. The average Bonchev–Trinajstić information content (AvgIpc) is 3.09. The van der Waals surface area contributed by atoms with Crippen molar-refractivity contribution >= 4 is 33.7 Å². The molecule has 2 aromatic rings. The molecule has 7 heteroatoms. The van der Waals surface area contributed by atoms with Crippen molar-refractivity contribution in [1.82, 2.24) is 4.90 Å². The monoisotopic (exact) mass is 377 g/mol. The molecule has 0 atom stereocenters. The molecule has 3 rings (SSSR count). The summed E-state index contributed by atoms with van der Waals surface area (Å²) in [6.07, 6.45) is 0.360. The van der Waals surface area contributed by atoms with Crippen LogP contribution in [0.3, 0.4) is 0 Å². The van der Waals surface area contributed by atoms with Crippen molar-refractivity contribution in [3.8, 4) is 0 Å². The van der Waals surface area contributed by atoms with Gasteiger partial charge in [0, 0.05) is 6.54 Å². The van der Waals surface area contributed by atoms with Crippen LogP contribution >= 0.6 is 15.9 Å². The zero-order chi connectivity index (χ0) is 16.4. The van der Waals surface area contributed by atoms with Gasteiger partial charge in [-0.3, -0.25) is 14.5 Å². The van der Waals surface area contributed by atoms with Crippen molar-refractivity contribution in [3.63, 3.8) is 0 Å². The molecule has 1 aliphatic rings.